The second kappa shape index (κ2) is 4.70. The highest BCUT2D eigenvalue weighted by Crippen LogP contribution is 2.33. The maximum atomic E-state index is 11.9. The first-order valence-electron chi connectivity index (χ1n) is 5.23. The zero-order valence-electron chi connectivity index (χ0n) is 9.05. The summed E-state index contributed by atoms with van der Waals surface area (Å²) in [5.74, 6) is -0.250. The molecule has 5 heteroatoms. The predicted molar refractivity (Wildman–Crippen MR) is 61.5 cm³/mol. The molecule has 3 amide bonds. The molecule has 0 bridgehead atoms. The van der Waals surface area contributed by atoms with E-state index in [9.17, 15) is 9.59 Å². The average Bonchev–Trinajstić information content (AvgIpc) is 2.14. The minimum atomic E-state index is -0.674. The third-order valence-electron chi connectivity index (χ3n) is 2.68. The normalized spacial score (nSPS) is 19.7. The molecule has 0 aromatic rings. The Morgan fingerprint density at radius 2 is 1.67 bits per heavy atom. The fourth-order valence-electron chi connectivity index (χ4n) is 2.01. The molecule has 0 atom stereocenters. The van der Waals surface area contributed by atoms with Gasteiger partial charge in [-0.15, -0.1) is 0 Å². The van der Waals surface area contributed by atoms with Crippen molar-refractivity contribution in [1.29, 1.82) is 0 Å². The molecule has 4 nitrogen and oxygen atoms in total. The number of thiocarbonyl (C=S) groups is 1. The zero-order chi connectivity index (χ0) is 11.5. The molecular formula is C10H16N2O2S. The van der Waals surface area contributed by atoms with Crippen molar-refractivity contribution in [3.63, 3.8) is 0 Å². The van der Waals surface area contributed by atoms with Gasteiger partial charge in [0.15, 0.2) is 0 Å². The molecule has 15 heavy (non-hydrogen) atoms. The number of amides is 3. The highest BCUT2D eigenvalue weighted by atomic mass is 32.1. The number of nitrogens with one attached hydrogen (secondary N) is 2. The van der Waals surface area contributed by atoms with Gasteiger partial charge in [-0.3, -0.25) is 10.1 Å². The predicted octanol–water partition coefficient (Wildman–Crippen LogP) is 1.74. The van der Waals surface area contributed by atoms with Crippen LogP contribution in [0.3, 0.4) is 0 Å². The van der Waals surface area contributed by atoms with Crippen LogP contribution >= 0.6 is 12.2 Å². The smallest absolute Gasteiger partial charge is 0.301 e. The largest absolute Gasteiger partial charge is 0.326 e. The van der Waals surface area contributed by atoms with Crippen LogP contribution in [0.25, 0.3) is 0 Å². The quantitative estimate of drug-likeness (QED) is 0.721. The van der Waals surface area contributed by atoms with Gasteiger partial charge < -0.3 is 5.32 Å². The summed E-state index contributed by atoms with van der Waals surface area (Å²) >= 11 is 5.13. The van der Waals surface area contributed by atoms with Crippen molar-refractivity contribution in [3.8, 4) is 0 Å². The molecular weight excluding hydrogens is 212 g/mol. The second-order valence-electron chi connectivity index (χ2n) is 3.82. The van der Waals surface area contributed by atoms with Crippen molar-refractivity contribution >= 4 is 29.1 Å². The van der Waals surface area contributed by atoms with Crippen LogP contribution in [0.2, 0.25) is 0 Å². The average molecular weight is 228 g/mol. The lowest BCUT2D eigenvalue weighted by molar-refractivity contribution is -0.127. The van der Waals surface area contributed by atoms with Crippen molar-refractivity contribution in [2.45, 2.75) is 39.5 Å². The first-order valence-corrected chi connectivity index (χ1v) is 5.64. The standard InChI is InChI=1S/C10H16N2O2S/c1-3-5-10(6-4-2)7(13)11-9(14)12-8(10)15/h3-6H2,1-2H3,(H2,11,12,13,14,15). The minimum Gasteiger partial charge on any atom is -0.301 e. The second-order valence-corrected chi connectivity index (χ2v) is 4.23. The number of urea groups is 1. The van der Waals surface area contributed by atoms with Crippen LogP contribution in [0.1, 0.15) is 39.5 Å². The van der Waals surface area contributed by atoms with Crippen LogP contribution in [0.5, 0.6) is 0 Å². The molecule has 0 unspecified atom stereocenters. The van der Waals surface area contributed by atoms with Gasteiger partial charge in [-0.05, 0) is 12.8 Å². The van der Waals surface area contributed by atoms with E-state index in [0.717, 1.165) is 12.8 Å². The van der Waals surface area contributed by atoms with E-state index in [-0.39, 0.29) is 5.91 Å². The van der Waals surface area contributed by atoms with E-state index in [1.54, 1.807) is 0 Å². The third-order valence-corrected chi connectivity index (χ3v) is 3.17. The molecule has 1 aliphatic rings. The Morgan fingerprint density at radius 1 is 1.13 bits per heavy atom. The highest BCUT2D eigenvalue weighted by molar-refractivity contribution is 7.80. The first-order chi connectivity index (χ1) is 7.06. The molecule has 1 saturated heterocycles. The van der Waals surface area contributed by atoms with Crippen LogP contribution in [-0.2, 0) is 4.79 Å². The monoisotopic (exact) mass is 228 g/mol. The summed E-state index contributed by atoms with van der Waals surface area (Å²) in [5.41, 5.74) is -0.674. The van der Waals surface area contributed by atoms with E-state index in [2.05, 4.69) is 10.6 Å². The maximum Gasteiger partial charge on any atom is 0.326 e. The van der Waals surface area contributed by atoms with Crippen molar-refractivity contribution in [2.75, 3.05) is 0 Å². The highest BCUT2D eigenvalue weighted by Gasteiger charge is 2.45. The Hall–Kier alpha value is -0.970. The molecule has 0 aliphatic carbocycles. The van der Waals surface area contributed by atoms with Crippen LogP contribution < -0.4 is 10.6 Å². The summed E-state index contributed by atoms with van der Waals surface area (Å²) in [6.07, 6.45) is 3.10. The van der Waals surface area contributed by atoms with E-state index in [4.69, 9.17) is 12.2 Å². The van der Waals surface area contributed by atoms with E-state index >= 15 is 0 Å². The van der Waals surface area contributed by atoms with Crippen molar-refractivity contribution in [2.24, 2.45) is 5.41 Å². The van der Waals surface area contributed by atoms with E-state index in [1.165, 1.54) is 0 Å². The Bertz CT molecular complexity index is 274. The summed E-state index contributed by atoms with van der Waals surface area (Å²) in [5, 5.41) is 4.82. The lowest BCUT2D eigenvalue weighted by atomic mass is 9.77. The van der Waals surface area contributed by atoms with Crippen molar-refractivity contribution in [1.82, 2.24) is 10.6 Å². The molecule has 84 valence electrons. The molecule has 1 rings (SSSR count). The Labute approximate surface area is 94.8 Å². The fourth-order valence-corrected chi connectivity index (χ4v) is 2.40. The molecule has 0 saturated carbocycles. The lowest BCUT2D eigenvalue weighted by Crippen LogP contribution is -2.61. The SMILES string of the molecule is CCCC1(CCC)C(=O)NC(=O)NC1=S. The van der Waals surface area contributed by atoms with Crippen LogP contribution in [-0.4, -0.2) is 16.9 Å². The van der Waals surface area contributed by atoms with E-state index < -0.39 is 11.4 Å². The molecule has 0 aromatic carbocycles. The maximum absolute atomic E-state index is 11.9. The molecule has 0 spiro atoms. The Kier molecular flexibility index (Phi) is 3.79. The number of imide groups is 1. The number of hydrogen-bond acceptors (Lipinski definition) is 3. The minimum absolute atomic E-state index is 0.250. The molecule has 0 aromatic heterocycles. The number of hydrogen-bond donors (Lipinski definition) is 2. The van der Waals surface area contributed by atoms with E-state index in [1.807, 2.05) is 13.8 Å². The zero-order valence-corrected chi connectivity index (χ0v) is 9.87. The summed E-state index contributed by atoms with van der Waals surface area (Å²) in [6.45, 7) is 4.01. The molecule has 1 aliphatic heterocycles. The van der Waals surface area contributed by atoms with Gasteiger partial charge in [0.1, 0.15) is 5.41 Å². The molecule has 1 heterocycles. The van der Waals surface area contributed by atoms with Crippen LogP contribution in [0.15, 0.2) is 0 Å². The number of carbonyl (C=O) groups is 2. The summed E-state index contributed by atoms with van der Waals surface area (Å²) in [7, 11) is 0. The number of rotatable bonds is 4. The van der Waals surface area contributed by atoms with Gasteiger partial charge in [-0.2, -0.15) is 0 Å². The molecule has 1 fully saturated rings. The Balaban J connectivity index is 2.97. The summed E-state index contributed by atoms with van der Waals surface area (Å²) in [4.78, 5) is 23.3. The summed E-state index contributed by atoms with van der Waals surface area (Å²) < 4.78 is 0. The molecule has 0 radical (unpaired) electrons. The van der Waals surface area contributed by atoms with Crippen molar-refractivity contribution in [3.05, 3.63) is 0 Å². The van der Waals surface area contributed by atoms with Crippen LogP contribution in [0, 0.1) is 5.41 Å². The van der Waals surface area contributed by atoms with Gasteiger partial charge in [0.2, 0.25) is 5.91 Å². The topological polar surface area (TPSA) is 58.2 Å². The fraction of sp³-hybridized carbons (Fsp3) is 0.700. The van der Waals surface area contributed by atoms with Crippen LogP contribution in [0.4, 0.5) is 4.79 Å². The van der Waals surface area contributed by atoms with Crippen molar-refractivity contribution < 1.29 is 9.59 Å². The van der Waals surface area contributed by atoms with Gasteiger partial charge in [-0.1, -0.05) is 38.9 Å². The molecule has 2 N–H and O–H groups in total. The van der Waals surface area contributed by atoms with Gasteiger partial charge in [0.05, 0.1) is 4.99 Å². The number of carbonyl (C=O) groups excluding carboxylic acids is 2. The van der Waals surface area contributed by atoms with Gasteiger partial charge in [0.25, 0.3) is 0 Å². The summed E-state index contributed by atoms with van der Waals surface area (Å²) in [6, 6.07) is -0.507. The Morgan fingerprint density at radius 3 is 2.07 bits per heavy atom. The lowest BCUT2D eigenvalue weighted by Gasteiger charge is -2.36. The van der Waals surface area contributed by atoms with E-state index in [0.29, 0.717) is 17.8 Å². The van der Waals surface area contributed by atoms with Gasteiger partial charge >= 0.3 is 6.03 Å². The van der Waals surface area contributed by atoms with Gasteiger partial charge in [0, 0.05) is 0 Å². The van der Waals surface area contributed by atoms with Gasteiger partial charge in [-0.25, -0.2) is 4.79 Å². The first kappa shape index (κ1) is 12.1. The third kappa shape index (κ3) is 2.17.